The molecule has 0 saturated heterocycles. The number of hydrogen-bond donors (Lipinski definition) is 0. The molecule has 0 radical (unpaired) electrons. The van der Waals surface area contributed by atoms with E-state index in [1.54, 1.807) is 25.1 Å². The van der Waals surface area contributed by atoms with E-state index in [1.165, 1.54) is 36.4 Å². The molecule has 0 heterocycles. The fraction of sp³-hybridized carbons (Fsp3) is 0.0714. The van der Waals surface area contributed by atoms with Crippen LogP contribution in [0.5, 0.6) is 0 Å². The number of sulfonamides is 1. The van der Waals surface area contributed by atoms with E-state index in [1.807, 2.05) is 0 Å². The monoisotopic (exact) mass is 304 g/mol. The largest absolute Gasteiger partial charge is 0.282 e. The quantitative estimate of drug-likeness (QED) is 0.493. The van der Waals surface area contributed by atoms with Crippen LogP contribution in [0.15, 0.2) is 63.9 Å². The van der Waals surface area contributed by atoms with Crippen LogP contribution >= 0.6 is 0 Å². The number of non-ortho nitro benzene ring substituents is 1. The Hall–Kier alpha value is -2.54. The van der Waals surface area contributed by atoms with Gasteiger partial charge in [0.25, 0.3) is 15.7 Å². The SMILES string of the molecule is CC(=NS(=O)(=O)c1ccccc1)c1ccc([N+](=O)[O-])cc1. The number of rotatable bonds is 4. The minimum absolute atomic E-state index is 0.0579. The first-order valence-corrected chi connectivity index (χ1v) is 7.45. The van der Waals surface area contributed by atoms with Crippen LogP contribution in [-0.4, -0.2) is 19.1 Å². The summed E-state index contributed by atoms with van der Waals surface area (Å²) in [5.74, 6) is 0. The third-order valence-electron chi connectivity index (χ3n) is 2.79. The predicted octanol–water partition coefficient (Wildman–Crippen LogP) is 2.79. The molecule has 0 bridgehead atoms. The maximum Gasteiger partial charge on any atom is 0.282 e. The molecule has 108 valence electrons. The van der Waals surface area contributed by atoms with E-state index < -0.39 is 14.9 Å². The summed E-state index contributed by atoms with van der Waals surface area (Å²) < 4.78 is 27.9. The van der Waals surface area contributed by atoms with Crippen LogP contribution in [0.1, 0.15) is 12.5 Å². The van der Waals surface area contributed by atoms with Gasteiger partial charge in [0.1, 0.15) is 0 Å². The summed E-state index contributed by atoms with van der Waals surface area (Å²) in [6.45, 7) is 1.54. The molecular weight excluding hydrogens is 292 g/mol. The molecular formula is C14H12N2O4S. The van der Waals surface area contributed by atoms with Gasteiger partial charge in [-0.1, -0.05) is 18.2 Å². The lowest BCUT2D eigenvalue weighted by Gasteiger charge is -2.02. The van der Waals surface area contributed by atoms with Gasteiger partial charge >= 0.3 is 0 Å². The fourth-order valence-electron chi connectivity index (χ4n) is 1.70. The molecule has 0 aliphatic heterocycles. The van der Waals surface area contributed by atoms with Gasteiger partial charge in [0.05, 0.1) is 15.5 Å². The maximum atomic E-state index is 12.1. The van der Waals surface area contributed by atoms with Gasteiger partial charge in [0.2, 0.25) is 0 Å². The molecule has 0 fully saturated rings. The van der Waals surface area contributed by atoms with Gasteiger partial charge in [-0.05, 0) is 36.8 Å². The molecule has 0 aliphatic carbocycles. The van der Waals surface area contributed by atoms with Gasteiger partial charge in [0, 0.05) is 12.1 Å². The number of nitro benzene ring substituents is 1. The molecule has 0 spiro atoms. The van der Waals surface area contributed by atoms with E-state index in [-0.39, 0.29) is 16.3 Å². The van der Waals surface area contributed by atoms with E-state index in [2.05, 4.69) is 4.40 Å². The zero-order chi connectivity index (χ0) is 15.5. The molecule has 6 nitrogen and oxygen atoms in total. The van der Waals surface area contributed by atoms with Crippen molar-refractivity contribution in [3.63, 3.8) is 0 Å². The summed E-state index contributed by atoms with van der Waals surface area (Å²) in [6, 6.07) is 13.4. The van der Waals surface area contributed by atoms with Crippen LogP contribution in [0.3, 0.4) is 0 Å². The maximum absolute atomic E-state index is 12.1. The van der Waals surface area contributed by atoms with E-state index in [0.29, 0.717) is 5.56 Å². The summed E-state index contributed by atoms with van der Waals surface area (Å²) >= 11 is 0. The Kier molecular flexibility index (Phi) is 4.13. The molecule has 0 amide bonds. The molecule has 21 heavy (non-hydrogen) atoms. The summed E-state index contributed by atoms with van der Waals surface area (Å²) in [7, 11) is -3.78. The average Bonchev–Trinajstić information content (AvgIpc) is 2.48. The highest BCUT2D eigenvalue weighted by molar-refractivity contribution is 7.90. The van der Waals surface area contributed by atoms with Crippen LogP contribution in [-0.2, 0) is 10.0 Å². The van der Waals surface area contributed by atoms with Crippen LogP contribution < -0.4 is 0 Å². The highest BCUT2D eigenvalue weighted by Gasteiger charge is 2.13. The molecule has 2 aromatic carbocycles. The van der Waals surface area contributed by atoms with Gasteiger partial charge in [-0.15, -0.1) is 0 Å². The highest BCUT2D eigenvalue weighted by Crippen LogP contribution is 2.16. The zero-order valence-electron chi connectivity index (χ0n) is 11.1. The lowest BCUT2D eigenvalue weighted by Crippen LogP contribution is -2.03. The van der Waals surface area contributed by atoms with E-state index in [4.69, 9.17) is 0 Å². The Labute approximate surface area is 122 Å². The van der Waals surface area contributed by atoms with Crippen LogP contribution in [0, 0.1) is 10.1 Å². The second-order valence-corrected chi connectivity index (χ2v) is 5.87. The number of hydrogen-bond acceptors (Lipinski definition) is 4. The third kappa shape index (κ3) is 3.51. The van der Waals surface area contributed by atoms with E-state index >= 15 is 0 Å². The number of nitrogens with zero attached hydrogens (tertiary/aromatic N) is 2. The molecule has 0 atom stereocenters. The van der Waals surface area contributed by atoms with Crippen molar-refractivity contribution >= 4 is 21.4 Å². The van der Waals surface area contributed by atoms with Crippen molar-refractivity contribution < 1.29 is 13.3 Å². The summed E-state index contributed by atoms with van der Waals surface area (Å²) in [5.41, 5.74) is 0.728. The van der Waals surface area contributed by atoms with Gasteiger partial charge in [-0.2, -0.15) is 12.8 Å². The Morgan fingerprint density at radius 2 is 1.62 bits per heavy atom. The lowest BCUT2D eigenvalue weighted by molar-refractivity contribution is -0.384. The van der Waals surface area contributed by atoms with Crippen molar-refractivity contribution in [1.29, 1.82) is 0 Å². The van der Waals surface area contributed by atoms with Crippen molar-refractivity contribution in [1.82, 2.24) is 0 Å². The Balaban J connectivity index is 2.35. The normalized spacial score (nSPS) is 12.1. The fourth-order valence-corrected chi connectivity index (χ4v) is 2.77. The minimum atomic E-state index is -3.78. The van der Waals surface area contributed by atoms with Crippen molar-refractivity contribution in [2.24, 2.45) is 4.40 Å². The summed E-state index contributed by atoms with van der Waals surface area (Å²) in [5, 5.41) is 10.6. The molecule has 0 aromatic heterocycles. The molecule has 2 aromatic rings. The van der Waals surface area contributed by atoms with Crippen LogP contribution in [0.25, 0.3) is 0 Å². The predicted molar refractivity (Wildman–Crippen MR) is 78.9 cm³/mol. The molecule has 7 heteroatoms. The van der Waals surface area contributed by atoms with E-state index in [9.17, 15) is 18.5 Å². The summed E-state index contributed by atoms with van der Waals surface area (Å²) in [6.07, 6.45) is 0. The number of nitro groups is 1. The Bertz CT molecular complexity index is 781. The second kappa shape index (κ2) is 5.84. The van der Waals surface area contributed by atoms with Crippen LogP contribution in [0.4, 0.5) is 5.69 Å². The van der Waals surface area contributed by atoms with E-state index in [0.717, 1.165) is 0 Å². The minimum Gasteiger partial charge on any atom is -0.258 e. The Morgan fingerprint density at radius 3 is 2.14 bits per heavy atom. The topological polar surface area (TPSA) is 89.6 Å². The Morgan fingerprint density at radius 1 is 1.05 bits per heavy atom. The van der Waals surface area contributed by atoms with Crippen LogP contribution in [0.2, 0.25) is 0 Å². The van der Waals surface area contributed by atoms with Crippen molar-refractivity contribution in [2.75, 3.05) is 0 Å². The molecule has 0 unspecified atom stereocenters. The van der Waals surface area contributed by atoms with Gasteiger partial charge in [0.15, 0.2) is 0 Å². The summed E-state index contributed by atoms with van der Waals surface area (Å²) in [4.78, 5) is 10.2. The van der Waals surface area contributed by atoms with Gasteiger partial charge < -0.3 is 0 Å². The average molecular weight is 304 g/mol. The van der Waals surface area contributed by atoms with Crippen molar-refractivity contribution in [3.8, 4) is 0 Å². The highest BCUT2D eigenvalue weighted by atomic mass is 32.2. The van der Waals surface area contributed by atoms with Crippen molar-refractivity contribution in [2.45, 2.75) is 11.8 Å². The second-order valence-electron chi connectivity index (χ2n) is 4.27. The molecule has 0 aliphatic rings. The smallest absolute Gasteiger partial charge is 0.258 e. The van der Waals surface area contributed by atoms with Gasteiger partial charge in [-0.25, -0.2) is 0 Å². The van der Waals surface area contributed by atoms with Gasteiger partial charge in [-0.3, -0.25) is 10.1 Å². The first-order valence-electron chi connectivity index (χ1n) is 6.01. The standard InChI is InChI=1S/C14H12N2O4S/c1-11(12-7-9-13(10-8-12)16(17)18)15-21(19,20)14-5-3-2-4-6-14/h2-10H,1H3. The first kappa shape index (κ1) is 14.9. The molecule has 0 saturated carbocycles. The van der Waals surface area contributed by atoms with Crippen molar-refractivity contribution in [3.05, 3.63) is 70.3 Å². The third-order valence-corrected chi connectivity index (χ3v) is 4.18. The number of benzene rings is 2. The first-order chi connectivity index (χ1) is 9.90. The lowest BCUT2D eigenvalue weighted by atomic mass is 10.1. The molecule has 2 rings (SSSR count). The zero-order valence-corrected chi connectivity index (χ0v) is 11.9. The molecule has 0 N–H and O–H groups in total.